The number of carbonyl (C=O) groups is 1. The molecule has 0 aliphatic rings. The molecule has 8 heteroatoms. The van der Waals surface area contributed by atoms with E-state index in [9.17, 15) is 17.6 Å². The van der Waals surface area contributed by atoms with Crippen molar-refractivity contribution in [3.05, 3.63) is 89.7 Å². The molecule has 0 aromatic heterocycles. The van der Waals surface area contributed by atoms with Crippen LogP contribution in [0.15, 0.2) is 77.7 Å². The van der Waals surface area contributed by atoms with Gasteiger partial charge in [0.1, 0.15) is 18.2 Å². The van der Waals surface area contributed by atoms with E-state index in [0.29, 0.717) is 24.3 Å². The molecule has 0 saturated heterocycles. The molecule has 3 aromatic carbocycles. The third-order valence-electron chi connectivity index (χ3n) is 4.49. The van der Waals surface area contributed by atoms with E-state index in [1.54, 1.807) is 0 Å². The van der Waals surface area contributed by atoms with Crippen LogP contribution in [-0.4, -0.2) is 27.5 Å². The largest absolute Gasteiger partial charge is 0.481 e. The second-order valence-electron chi connectivity index (χ2n) is 6.75. The summed E-state index contributed by atoms with van der Waals surface area (Å²) in [5.74, 6) is 2.06. The van der Waals surface area contributed by atoms with Crippen molar-refractivity contribution in [2.24, 2.45) is 0 Å². The maximum Gasteiger partial charge on any atom is 0.261 e. The fraction of sp³-hybridized carbons (Fsp3) is 0.125. The van der Waals surface area contributed by atoms with Crippen LogP contribution in [0.25, 0.3) is 0 Å². The Balaban J connectivity index is 1.54. The van der Waals surface area contributed by atoms with Crippen LogP contribution in [0.3, 0.4) is 0 Å². The van der Waals surface area contributed by atoms with E-state index in [4.69, 9.17) is 11.2 Å². The first-order valence-electron chi connectivity index (χ1n) is 9.70. The van der Waals surface area contributed by atoms with Gasteiger partial charge < -0.3 is 10.1 Å². The number of nitrogens with one attached hydrogen (secondary N) is 2. The standard InChI is InChI=1S/C24H21FN2O4S/c1-2-17-31-20-11-7-18(8-12-20)15-16-26-24(28)19-9-13-21(14-10-19)32(29,30)27-23-6-4-3-5-22(23)25/h1,3-14,27H,15-17H2,(H,26,28). The lowest BCUT2D eigenvalue weighted by Crippen LogP contribution is -2.25. The van der Waals surface area contributed by atoms with E-state index < -0.39 is 15.8 Å². The zero-order valence-corrected chi connectivity index (χ0v) is 17.9. The van der Waals surface area contributed by atoms with Crippen LogP contribution in [0, 0.1) is 18.2 Å². The summed E-state index contributed by atoms with van der Waals surface area (Å²) in [6.07, 6.45) is 5.76. The van der Waals surface area contributed by atoms with Gasteiger partial charge in [0.2, 0.25) is 0 Å². The van der Waals surface area contributed by atoms with E-state index in [0.717, 1.165) is 11.6 Å². The minimum atomic E-state index is -3.98. The van der Waals surface area contributed by atoms with Crippen LogP contribution in [0.1, 0.15) is 15.9 Å². The molecule has 0 aliphatic heterocycles. The SMILES string of the molecule is C#CCOc1ccc(CCNC(=O)c2ccc(S(=O)(=O)Nc3ccccc3F)cc2)cc1. The van der Waals surface area contributed by atoms with Crippen molar-refractivity contribution < 1.29 is 22.3 Å². The zero-order chi connectivity index (χ0) is 23.0. The molecule has 1 amide bonds. The second-order valence-corrected chi connectivity index (χ2v) is 8.43. The molecule has 0 heterocycles. The average Bonchev–Trinajstić information content (AvgIpc) is 2.80. The van der Waals surface area contributed by atoms with Gasteiger partial charge in [0.25, 0.3) is 15.9 Å². The summed E-state index contributed by atoms with van der Waals surface area (Å²) < 4.78 is 46.1. The van der Waals surface area contributed by atoms with Crippen LogP contribution in [0.5, 0.6) is 5.75 Å². The predicted molar refractivity (Wildman–Crippen MR) is 120 cm³/mol. The topological polar surface area (TPSA) is 84.5 Å². The number of rotatable bonds is 9. The minimum absolute atomic E-state index is 0.0792. The van der Waals surface area contributed by atoms with Gasteiger partial charge in [-0.15, -0.1) is 6.42 Å². The Bertz CT molecular complexity index is 1220. The summed E-state index contributed by atoms with van der Waals surface area (Å²) in [6, 6.07) is 18.3. The number of halogens is 1. The molecule has 6 nitrogen and oxygen atoms in total. The van der Waals surface area contributed by atoms with Gasteiger partial charge in [0.15, 0.2) is 0 Å². The lowest BCUT2D eigenvalue weighted by molar-refractivity contribution is 0.0954. The fourth-order valence-electron chi connectivity index (χ4n) is 2.83. The smallest absolute Gasteiger partial charge is 0.261 e. The van der Waals surface area contributed by atoms with Gasteiger partial charge >= 0.3 is 0 Å². The lowest BCUT2D eigenvalue weighted by atomic mass is 10.1. The van der Waals surface area contributed by atoms with Crippen LogP contribution in [0.2, 0.25) is 0 Å². The maximum atomic E-state index is 13.7. The molecule has 164 valence electrons. The second kappa shape index (κ2) is 10.5. The van der Waals surface area contributed by atoms with Gasteiger partial charge in [0, 0.05) is 12.1 Å². The van der Waals surface area contributed by atoms with E-state index in [-0.39, 0.29) is 23.1 Å². The number of carbonyl (C=O) groups excluding carboxylic acids is 1. The van der Waals surface area contributed by atoms with Crippen molar-refractivity contribution in [3.8, 4) is 18.1 Å². The Hall–Kier alpha value is -3.83. The van der Waals surface area contributed by atoms with Crippen molar-refractivity contribution in [1.29, 1.82) is 0 Å². The lowest BCUT2D eigenvalue weighted by Gasteiger charge is -2.10. The summed E-state index contributed by atoms with van der Waals surface area (Å²) in [4.78, 5) is 12.3. The van der Waals surface area contributed by atoms with Gasteiger partial charge in [-0.1, -0.05) is 30.2 Å². The molecule has 3 rings (SSSR count). The summed E-state index contributed by atoms with van der Waals surface area (Å²) >= 11 is 0. The number of benzene rings is 3. The van der Waals surface area contributed by atoms with Gasteiger partial charge in [0.05, 0.1) is 10.6 Å². The van der Waals surface area contributed by atoms with E-state index in [2.05, 4.69) is 16.0 Å². The van der Waals surface area contributed by atoms with E-state index >= 15 is 0 Å². The van der Waals surface area contributed by atoms with Crippen molar-refractivity contribution in [3.63, 3.8) is 0 Å². The molecule has 3 aromatic rings. The van der Waals surface area contributed by atoms with Gasteiger partial charge in [-0.25, -0.2) is 12.8 Å². The molecule has 0 spiro atoms. The highest BCUT2D eigenvalue weighted by molar-refractivity contribution is 7.92. The van der Waals surface area contributed by atoms with Gasteiger partial charge in [-0.05, 0) is 60.5 Å². The van der Waals surface area contributed by atoms with Crippen molar-refractivity contribution >= 4 is 21.6 Å². The monoisotopic (exact) mass is 452 g/mol. The van der Waals surface area contributed by atoms with Crippen molar-refractivity contribution in [1.82, 2.24) is 5.32 Å². The molecular formula is C24H21FN2O4S. The number of hydrogen-bond donors (Lipinski definition) is 2. The fourth-order valence-corrected chi connectivity index (χ4v) is 3.90. The number of ether oxygens (including phenoxy) is 1. The molecule has 0 bridgehead atoms. The Labute approximate surface area is 186 Å². The molecule has 0 fully saturated rings. The molecule has 0 radical (unpaired) electrons. The van der Waals surface area contributed by atoms with E-state index in [1.165, 1.54) is 42.5 Å². The average molecular weight is 453 g/mol. The summed E-state index contributed by atoms with van der Waals surface area (Å²) in [5, 5.41) is 2.79. The van der Waals surface area contributed by atoms with Gasteiger partial charge in [-0.2, -0.15) is 0 Å². The molecule has 0 saturated carbocycles. The Morgan fingerprint density at radius 1 is 1.00 bits per heavy atom. The third kappa shape index (κ3) is 6.09. The van der Waals surface area contributed by atoms with Crippen molar-refractivity contribution in [2.75, 3.05) is 17.9 Å². The molecule has 32 heavy (non-hydrogen) atoms. The number of hydrogen-bond acceptors (Lipinski definition) is 4. The predicted octanol–water partition coefficient (Wildman–Crippen LogP) is 3.61. The highest BCUT2D eigenvalue weighted by Crippen LogP contribution is 2.19. The molecule has 0 atom stereocenters. The minimum Gasteiger partial charge on any atom is -0.481 e. The first-order valence-corrected chi connectivity index (χ1v) is 11.2. The Kier molecular flexibility index (Phi) is 7.47. The molecule has 0 unspecified atom stereocenters. The third-order valence-corrected chi connectivity index (χ3v) is 5.87. The summed E-state index contributed by atoms with van der Waals surface area (Å²) in [7, 11) is -3.98. The highest BCUT2D eigenvalue weighted by atomic mass is 32.2. The first kappa shape index (κ1) is 22.8. The van der Waals surface area contributed by atoms with Crippen LogP contribution < -0.4 is 14.8 Å². The molecule has 2 N–H and O–H groups in total. The van der Waals surface area contributed by atoms with E-state index in [1.807, 2.05) is 24.3 Å². The number of sulfonamides is 1. The van der Waals surface area contributed by atoms with Crippen LogP contribution in [-0.2, 0) is 16.4 Å². The Morgan fingerprint density at radius 2 is 1.69 bits per heavy atom. The Morgan fingerprint density at radius 3 is 2.34 bits per heavy atom. The van der Waals surface area contributed by atoms with Crippen molar-refractivity contribution in [2.45, 2.75) is 11.3 Å². The number of para-hydroxylation sites is 1. The summed E-state index contributed by atoms with van der Waals surface area (Å²) in [5.41, 5.74) is 1.18. The number of terminal acetylenes is 1. The van der Waals surface area contributed by atoms with Gasteiger partial charge in [-0.3, -0.25) is 9.52 Å². The first-order chi connectivity index (χ1) is 15.4. The normalized spacial score (nSPS) is 10.8. The quantitative estimate of drug-likeness (QED) is 0.486. The molecular weight excluding hydrogens is 431 g/mol. The highest BCUT2D eigenvalue weighted by Gasteiger charge is 2.17. The molecule has 0 aliphatic carbocycles. The zero-order valence-electron chi connectivity index (χ0n) is 17.0. The summed E-state index contributed by atoms with van der Waals surface area (Å²) in [6.45, 7) is 0.604. The van der Waals surface area contributed by atoms with Crippen LogP contribution >= 0.6 is 0 Å². The maximum absolute atomic E-state index is 13.7. The number of amides is 1. The van der Waals surface area contributed by atoms with Crippen LogP contribution in [0.4, 0.5) is 10.1 Å². The number of anilines is 1.